The topological polar surface area (TPSA) is 3.24 Å². The Morgan fingerprint density at radius 1 is 0.588 bits per heavy atom. The maximum absolute atomic E-state index is 3.59. The lowest BCUT2D eigenvalue weighted by molar-refractivity contribution is 0.359. The molecule has 0 radical (unpaired) electrons. The molecule has 1 fully saturated rings. The van der Waals surface area contributed by atoms with Crippen LogP contribution in [0.4, 0.5) is 17.1 Å². The Balaban J connectivity index is 1.46. The molecule has 170 valence electrons. The minimum atomic E-state index is 0.755. The van der Waals surface area contributed by atoms with Crippen LogP contribution < -0.4 is 4.90 Å². The number of fused-ring (bicyclic) bond motifs is 2. The summed E-state index contributed by atoms with van der Waals surface area (Å²) in [5.74, 6) is 1.54. The van der Waals surface area contributed by atoms with Crippen molar-refractivity contribution in [3.63, 3.8) is 0 Å². The molecule has 0 amide bonds. The first-order valence-corrected chi connectivity index (χ1v) is 13.7. The number of hydrogen-bond donors (Lipinski definition) is 0. The van der Waals surface area contributed by atoms with Crippen molar-refractivity contribution in [3.05, 3.63) is 111 Å². The van der Waals surface area contributed by atoms with Crippen LogP contribution in [0.2, 0.25) is 0 Å². The summed E-state index contributed by atoms with van der Waals surface area (Å²) in [4.78, 5) is 2.34. The molecule has 0 atom stereocenters. The van der Waals surface area contributed by atoms with Crippen LogP contribution in [-0.4, -0.2) is 0 Å². The van der Waals surface area contributed by atoms with Crippen LogP contribution in [0.5, 0.6) is 0 Å². The second-order valence-electron chi connectivity index (χ2n) is 9.68. The van der Waals surface area contributed by atoms with Crippen LogP contribution in [0, 0.1) is 6.92 Å². The van der Waals surface area contributed by atoms with Gasteiger partial charge in [0.15, 0.2) is 0 Å². The lowest BCUT2D eigenvalue weighted by Gasteiger charge is -2.38. The number of anilines is 3. The van der Waals surface area contributed by atoms with Gasteiger partial charge in [-0.3, -0.25) is 0 Å². The van der Waals surface area contributed by atoms with Crippen molar-refractivity contribution in [1.29, 1.82) is 0 Å². The third-order valence-corrected chi connectivity index (χ3v) is 8.71. The summed E-state index contributed by atoms with van der Waals surface area (Å²) in [6.07, 6.45) is 5.48. The Kier molecular flexibility index (Phi) is 5.87. The first-order valence-electron chi connectivity index (χ1n) is 12.1. The molecule has 0 N–H and O–H groups in total. The number of benzene rings is 4. The van der Waals surface area contributed by atoms with Gasteiger partial charge in [0.05, 0.1) is 0 Å². The third kappa shape index (κ3) is 4.03. The molecule has 7 rings (SSSR count). The van der Waals surface area contributed by atoms with E-state index < -0.39 is 0 Å². The maximum Gasteiger partial charge on any atom is 0.0467 e. The smallest absolute Gasteiger partial charge is 0.0467 e. The van der Waals surface area contributed by atoms with E-state index in [1.807, 2.05) is 0 Å². The van der Waals surface area contributed by atoms with Gasteiger partial charge in [-0.05, 0) is 133 Å². The molecular formula is C31H27Br2N. The van der Waals surface area contributed by atoms with Crippen LogP contribution >= 0.6 is 31.9 Å². The van der Waals surface area contributed by atoms with E-state index in [1.54, 1.807) is 11.1 Å². The minimum Gasteiger partial charge on any atom is -0.310 e. The molecule has 4 aromatic rings. The Bertz CT molecular complexity index is 1290. The number of halogens is 2. The first-order chi connectivity index (χ1) is 16.6. The maximum atomic E-state index is 3.59. The summed E-state index contributed by atoms with van der Waals surface area (Å²) < 4.78 is 2.17. The van der Waals surface area contributed by atoms with Gasteiger partial charge in [0, 0.05) is 26.0 Å². The van der Waals surface area contributed by atoms with Crippen molar-refractivity contribution in [1.82, 2.24) is 0 Å². The van der Waals surface area contributed by atoms with Gasteiger partial charge in [-0.15, -0.1) is 0 Å². The third-order valence-electron chi connectivity index (χ3n) is 7.65. The van der Waals surface area contributed by atoms with Gasteiger partial charge < -0.3 is 4.90 Å². The predicted octanol–water partition coefficient (Wildman–Crippen LogP) is 10.4. The lowest BCUT2D eigenvalue weighted by Crippen LogP contribution is -2.21. The van der Waals surface area contributed by atoms with Crippen LogP contribution in [0.15, 0.2) is 93.9 Å². The van der Waals surface area contributed by atoms with E-state index >= 15 is 0 Å². The molecule has 0 unspecified atom stereocenters. The highest BCUT2D eigenvalue weighted by Crippen LogP contribution is 2.50. The molecule has 34 heavy (non-hydrogen) atoms. The summed E-state index contributed by atoms with van der Waals surface area (Å²) in [5, 5.41) is 0. The molecule has 0 saturated heterocycles. The van der Waals surface area contributed by atoms with Gasteiger partial charge >= 0.3 is 0 Å². The molecule has 1 saturated carbocycles. The molecule has 3 heteroatoms. The van der Waals surface area contributed by atoms with Crippen LogP contribution in [-0.2, 0) is 0 Å². The van der Waals surface area contributed by atoms with Crippen molar-refractivity contribution >= 4 is 48.9 Å². The highest BCUT2D eigenvalue weighted by atomic mass is 79.9. The Morgan fingerprint density at radius 2 is 1.12 bits per heavy atom. The molecule has 3 aliphatic rings. The number of nitrogens with zero attached hydrogens (tertiary/aromatic N) is 1. The van der Waals surface area contributed by atoms with Gasteiger partial charge in [0.1, 0.15) is 0 Å². The van der Waals surface area contributed by atoms with Gasteiger partial charge in [0.2, 0.25) is 0 Å². The first kappa shape index (κ1) is 22.1. The van der Waals surface area contributed by atoms with E-state index in [4.69, 9.17) is 0 Å². The van der Waals surface area contributed by atoms with Crippen molar-refractivity contribution in [2.45, 2.75) is 44.4 Å². The largest absolute Gasteiger partial charge is 0.310 e. The molecule has 4 aromatic carbocycles. The van der Waals surface area contributed by atoms with E-state index in [1.165, 1.54) is 48.1 Å². The van der Waals surface area contributed by atoms with E-state index in [-0.39, 0.29) is 0 Å². The van der Waals surface area contributed by atoms with E-state index in [0.717, 1.165) is 32.2 Å². The zero-order valence-electron chi connectivity index (χ0n) is 19.3. The number of rotatable bonds is 4. The molecule has 3 aliphatic carbocycles. The van der Waals surface area contributed by atoms with Crippen LogP contribution in [0.1, 0.15) is 54.2 Å². The summed E-state index contributed by atoms with van der Waals surface area (Å²) in [6, 6.07) is 31.2. The second kappa shape index (κ2) is 9.02. The number of hydrogen-bond acceptors (Lipinski definition) is 1. The van der Waals surface area contributed by atoms with Crippen molar-refractivity contribution in [2.75, 3.05) is 4.90 Å². The zero-order valence-corrected chi connectivity index (χ0v) is 22.4. The lowest BCUT2D eigenvalue weighted by atomic mass is 9.66. The Hall–Kier alpha value is -2.36. The molecule has 0 spiro atoms. The standard InChI is InChI=1S/C31H27Br2N/c1-20-2-12-28(34(26-13-8-24(32)9-14-26)27-15-10-25(33)11-16-27)19-30(20)23-7-17-29-21-3-5-22(6-4-21)31(29)18-23/h2,7-19,21-22H,3-6H2,1H3. The summed E-state index contributed by atoms with van der Waals surface area (Å²) in [6.45, 7) is 2.23. The molecular weight excluding hydrogens is 546 g/mol. The molecule has 2 bridgehead atoms. The SMILES string of the molecule is Cc1ccc(N(c2ccc(Br)cc2)c2ccc(Br)cc2)cc1-c1ccc2c(c1)C1CCC2CC1. The van der Waals surface area contributed by atoms with E-state index in [2.05, 4.69) is 129 Å². The van der Waals surface area contributed by atoms with Gasteiger partial charge in [-0.2, -0.15) is 0 Å². The van der Waals surface area contributed by atoms with E-state index in [9.17, 15) is 0 Å². The van der Waals surface area contributed by atoms with Crippen molar-refractivity contribution in [2.24, 2.45) is 0 Å². The Labute approximate surface area is 219 Å². The molecule has 0 heterocycles. The van der Waals surface area contributed by atoms with Crippen LogP contribution in [0.25, 0.3) is 11.1 Å². The van der Waals surface area contributed by atoms with Gasteiger partial charge in [-0.25, -0.2) is 0 Å². The van der Waals surface area contributed by atoms with Gasteiger partial charge in [-0.1, -0.05) is 56.1 Å². The predicted molar refractivity (Wildman–Crippen MR) is 151 cm³/mol. The summed E-state index contributed by atoms with van der Waals surface area (Å²) >= 11 is 7.17. The molecule has 0 aromatic heterocycles. The quantitative estimate of drug-likeness (QED) is 0.235. The summed E-state index contributed by atoms with van der Waals surface area (Å²) in [5.41, 5.74) is 10.7. The number of aryl methyl sites for hydroxylation is 1. The van der Waals surface area contributed by atoms with Crippen molar-refractivity contribution < 1.29 is 0 Å². The van der Waals surface area contributed by atoms with Gasteiger partial charge in [0.25, 0.3) is 0 Å². The van der Waals surface area contributed by atoms with Crippen LogP contribution in [0.3, 0.4) is 0 Å². The average molecular weight is 573 g/mol. The molecule has 0 aliphatic heterocycles. The minimum absolute atomic E-state index is 0.755. The summed E-state index contributed by atoms with van der Waals surface area (Å²) in [7, 11) is 0. The fraction of sp³-hybridized carbons (Fsp3) is 0.226. The zero-order chi connectivity index (χ0) is 23.2. The normalized spacial score (nSPS) is 18.6. The second-order valence-corrected chi connectivity index (χ2v) is 11.5. The van der Waals surface area contributed by atoms with Crippen molar-refractivity contribution in [3.8, 4) is 11.1 Å². The highest BCUT2D eigenvalue weighted by Gasteiger charge is 2.32. The Morgan fingerprint density at radius 3 is 1.71 bits per heavy atom. The molecule has 1 nitrogen and oxygen atoms in total. The monoisotopic (exact) mass is 571 g/mol. The highest BCUT2D eigenvalue weighted by molar-refractivity contribution is 9.10. The fourth-order valence-electron chi connectivity index (χ4n) is 5.87. The average Bonchev–Trinajstić information content (AvgIpc) is 2.88. The fourth-order valence-corrected chi connectivity index (χ4v) is 6.40. The van der Waals surface area contributed by atoms with E-state index in [0.29, 0.717) is 0 Å².